The molecule has 2 aliphatic rings. The van der Waals surface area contributed by atoms with Crippen molar-refractivity contribution < 1.29 is 28.2 Å². The first-order valence-electron chi connectivity index (χ1n) is 12.1. The summed E-state index contributed by atoms with van der Waals surface area (Å²) in [6.45, 7) is 5.62. The Hall–Kier alpha value is -3.79. The number of amidine groups is 1. The number of methoxy groups -OCH3 is 2. The minimum Gasteiger partial charge on any atom is -0.497 e. The maximum atomic E-state index is 13.4. The number of carbonyl (C=O) groups is 2. The number of hydrogen-bond acceptors (Lipinski definition) is 8. The van der Waals surface area contributed by atoms with Crippen molar-refractivity contribution in [3.05, 3.63) is 81.8 Å². The van der Waals surface area contributed by atoms with Crippen LogP contribution in [0.4, 0.5) is 4.39 Å². The first-order valence-corrected chi connectivity index (χ1v) is 13.0. The van der Waals surface area contributed by atoms with Gasteiger partial charge in [0.15, 0.2) is 5.17 Å². The molecule has 38 heavy (non-hydrogen) atoms. The number of aliphatic imine (C=N–C) groups is 1. The summed E-state index contributed by atoms with van der Waals surface area (Å²) in [7, 11) is 3.12. The normalized spacial score (nSPS) is 16.6. The monoisotopic (exact) mass is 539 g/mol. The number of nitrogens with one attached hydrogen (secondary N) is 1. The van der Waals surface area contributed by atoms with E-state index in [1.165, 1.54) is 23.9 Å². The van der Waals surface area contributed by atoms with Crippen LogP contribution in [0.5, 0.6) is 11.5 Å². The highest BCUT2D eigenvalue weighted by Gasteiger charge is 2.42. The second-order valence-electron chi connectivity index (χ2n) is 9.03. The van der Waals surface area contributed by atoms with Gasteiger partial charge in [0.05, 0.1) is 44.1 Å². The molecule has 0 saturated heterocycles. The largest absolute Gasteiger partial charge is 0.497 e. The van der Waals surface area contributed by atoms with E-state index in [-0.39, 0.29) is 30.8 Å². The summed E-state index contributed by atoms with van der Waals surface area (Å²) in [5.41, 5.74) is 3.07. The topological polar surface area (TPSA) is 89.5 Å². The standard InChI is InChI=1S/C28H30FN3O5S/c1-16(2)37-27(34)25-17(3)31-28-32(26(25)22-11-10-21(35-4)13-23(22)36-5)20(15-38-28)12-24(33)30-14-18-6-8-19(29)9-7-18/h6-11,13,15-16,26H,12,14H2,1-5H3,(H,30,33). The Labute approximate surface area is 225 Å². The number of amides is 1. The Bertz CT molecular complexity index is 1320. The number of halogens is 1. The highest BCUT2D eigenvalue weighted by atomic mass is 32.2. The molecule has 200 valence electrons. The van der Waals surface area contributed by atoms with E-state index in [1.807, 2.05) is 16.4 Å². The summed E-state index contributed by atoms with van der Waals surface area (Å²) in [6, 6.07) is 10.7. The molecule has 1 unspecified atom stereocenters. The molecule has 0 aromatic heterocycles. The van der Waals surface area contributed by atoms with Crippen molar-refractivity contribution >= 4 is 28.8 Å². The van der Waals surface area contributed by atoms with Crippen molar-refractivity contribution in [1.82, 2.24) is 10.2 Å². The maximum absolute atomic E-state index is 13.4. The predicted molar refractivity (Wildman–Crippen MR) is 144 cm³/mol. The summed E-state index contributed by atoms with van der Waals surface area (Å²) < 4.78 is 29.9. The summed E-state index contributed by atoms with van der Waals surface area (Å²) in [5.74, 6) is 0.0882. The molecule has 0 radical (unpaired) electrons. The lowest BCUT2D eigenvalue weighted by Crippen LogP contribution is -2.38. The van der Waals surface area contributed by atoms with Crippen LogP contribution in [-0.2, 0) is 20.9 Å². The number of thioether (sulfide) groups is 1. The van der Waals surface area contributed by atoms with Gasteiger partial charge >= 0.3 is 5.97 Å². The number of rotatable bonds is 9. The van der Waals surface area contributed by atoms with Crippen LogP contribution in [0, 0.1) is 5.82 Å². The van der Waals surface area contributed by atoms with Crippen molar-refractivity contribution in [2.45, 2.75) is 45.9 Å². The van der Waals surface area contributed by atoms with Gasteiger partial charge in [0.1, 0.15) is 17.3 Å². The van der Waals surface area contributed by atoms with Gasteiger partial charge in [-0.1, -0.05) is 23.9 Å². The fourth-order valence-electron chi connectivity index (χ4n) is 4.28. The summed E-state index contributed by atoms with van der Waals surface area (Å²) >= 11 is 1.38. The molecule has 0 aliphatic carbocycles. The van der Waals surface area contributed by atoms with Gasteiger partial charge in [-0.25, -0.2) is 14.2 Å². The van der Waals surface area contributed by atoms with Gasteiger partial charge in [0, 0.05) is 23.9 Å². The Morgan fingerprint density at radius 3 is 2.53 bits per heavy atom. The summed E-state index contributed by atoms with van der Waals surface area (Å²) in [6.07, 6.45) is -0.278. The average Bonchev–Trinajstić information content (AvgIpc) is 3.28. The molecule has 1 atom stereocenters. The minimum absolute atomic E-state index is 0.0493. The third kappa shape index (κ3) is 5.85. The molecule has 1 N–H and O–H groups in total. The average molecular weight is 540 g/mol. The van der Waals surface area contributed by atoms with Gasteiger partial charge in [-0.3, -0.25) is 4.79 Å². The predicted octanol–water partition coefficient (Wildman–Crippen LogP) is 5.08. The second kappa shape index (κ2) is 11.7. The van der Waals surface area contributed by atoms with E-state index in [0.29, 0.717) is 39.2 Å². The fourth-order valence-corrected chi connectivity index (χ4v) is 5.24. The highest BCUT2D eigenvalue weighted by Crippen LogP contribution is 2.47. The van der Waals surface area contributed by atoms with Gasteiger partial charge in [-0.05, 0) is 56.0 Å². The van der Waals surface area contributed by atoms with Crippen molar-refractivity contribution in [2.75, 3.05) is 14.2 Å². The van der Waals surface area contributed by atoms with E-state index in [0.717, 1.165) is 5.56 Å². The molecular weight excluding hydrogens is 509 g/mol. The van der Waals surface area contributed by atoms with Crippen LogP contribution in [0.15, 0.2) is 69.8 Å². The Morgan fingerprint density at radius 2 is 1.87 bits per heavy atom. The lowest BCUT2D eigenvalue weighted by atomic mass is 9.93. The van der Waals surface area contributed by atoms with Crippen LogP contribution in [-0.4, -0.2) is 42.3 Å². The quantitative estimate of drug-likeness (QED) is 0.445. The maximum Gasteiger partial charge on any atom is 0.338 e. The van der Waals surface area contributed by atoms with Gasteiger partial charge < -0.3 is 24.4 Å². The highest BCUT2D eigenvalue weighted by molar-refractivity contribution is 8.16. The van der Waals surface area contributed by atoms with Crippen LogP contribution in [0.3, 0.4) is 0 Å². The van der Waals surface area contributed by atoms with Crippen LogP contribution in [0.1, 0.15) is 44.4 Å². The van der Waals surface area contributed by atoms with Gasteiger partial charge in [-0.15, -0.1) is 0 Å². The zero-order chi connectivity index (χ0) is 27.4. The van der Waals surface area contributed by atoms with Gasteiger partial charge in [0.2, 0.25) is 5.91 Å². The zero-order valence-corrected chi connectivity index (χ0v) is 22.7. The second-order valence-corrected chi connectivity index (χ2v) is 9.87. The van der Waals surface area contributed by atoms with Crippen LogP contribution in [0.25, 0.3) is 0 Å². The first kappa shape index (κ1) is 27.3. The molecule has 10 heteroatoms. The number of fused-ring (bicyclic) bond motifs is 1. The van der Waals surface area contributed by atoms with E-state index in [1.54, 1.807) is 59.3 Å². The third-order valence-electron chi connectivity index (χ3n) is 6.04. The van der Waals surface area contributed by atoms with Crippen molar-refractivity contribution in [3.8, 4) is 11.5 Å². The molecule has 0 saturated carbocycles. The van der Waals surface area contributed by atoms with Crippen LogP contribution in [0.2, 0.25) is 0 Å². The molecule has 2 aromatic carbocycles. The minimum atomic E-state index is -0.638. The Morgan fingerprint density at radius 1 is 1.13 bits per heavy atom. The summed E-state index contributed by atoms with van der Waals surface area (Å²) in [5, 5.41) is 5.39. The molecule has 0 bridgehead atoms. The Balaban J connectivity index is 1.66. The van der Waals surface area contributed by atoms with Crippen molar-refractivity contribution in [1.29, 1.82) is 0 Å². The smallest absolute Gasteiger partial charge is 0.338 e. The van der Waals surface area contributed by atoms with Gasteiger partial charge in [-0.2, -0.15) is 0 Å². The van der Waals surface area contributed by atoms with E-state index in [9.17, 15) is 14.0 Å². The molecule has 2 heterocycles. The number of esters is 1. The molecule has 8 nitrogen and oxygen atoms in total. The Kier molecular flexibility index (Phi) is 8.41. The van der Waals surface area contributed by atoms with Crippen LogP contribution >= 0.6 is 11.8 Å². The van der Waals surface area contributed by atoms with E-state index in [4.69, 9.17) is 14.2 Å². The lowest BCUT2D eigenvalue weighted by Gasteiger charge is -2.37. The number of carbonyl (C=O) groups excluding carboxylic acids is 2. The van der Waals surface area contributed by atoms with Crippen molar-refractivity contribution in [2.24, 2.45) is 4.99 Å². The zero-order valence-electron chi connectivity index (χ0n) is 21.9. The number of benzene rings is 2. The van der Waals surface area contributed by atoms with E-state index in [2.05, 4.69) is 10.3 Å². The molecular formula is C28H30FN3O5S. The van der Waals surface area contributed by atoms with Gasteiger partial charge in [0.25, 0.3) is 0 Å². The van der Waals surface area contributed by atoms with Crippen LogP contribution < -0.4 is 14.8 Å². The van der Waals surface area contributed by atoms with E-state index < -0.39 is 12.0 Å². The molecule has 4 rings (SSSR count). The van der Waals surface area contributed by atoms with E-state index >= 15 is 0 Å². The summed E-state index contributed by atoms with van der Waals surface area (Å²) in [4.78, 5) is 32.9. The first-order chi connectivity index (χ1) is 18.2. The van der Waals surface area contributed by atoms with Crippen molar-refractivity contribution in [3.63, 3.8) is 0 Å². The molecule has 0 spiro atoms. The third-order valence-corrected chi connectivity index (χ3v) is 6.93. The molecule has 2 aliphatic heterocycles. The number of nitrogens with zero attached hydrogens (tertiary/aromatic N) is 2. The number of ether oxygens (including phenoxy) is 3. The molecule has 2 aromatic rings. The fraction of sp³-hybridized carbons (Fsp3) is 0.321. The number of hydrogen-bond donors (Lipinski definition) is 1. The molecule has 1 amide bonds. The lowest BCUT2D eigenvalue weighted by molar-refractivity contribution is -0.143. The SMILES string of the molecule is COc1ccc(C2C(C(=O)OC(C)C)=C(C)N=C3SC=C(CC(=O)NCc4ccc(F)cc4)N32)c(OC)c1. The number of allylic oxidation sites excluding steroid dienone is 1. The molecule has 0 fully saturated rings.